The maximum Gasteiger partial charge on any atom is 0.175 e. The Morgan fingerprint density at radius 3 is 2.47 bits per heavy atom. The number of nitrogens with one attached hydrogen (secondary N) is 2. The maximum absolute atomic E-state index is 11.3. The third-order valence-electron chi connectivity index (χ3n) is 2.32. The van der Waals surface area contributed by atoms with E-state index < -0.39 is 9.84 Å². The average molecular weight is 251 g/mol. The van der Waals surface area contributed by atoms with Gasteiger partial charge < -0.3 is 5.32 Å². The molecule has 0 atom stereocenters. The number of anilines is 1. The number of hydrogen-bond acceptors (Lipinski definition) is 4. The molecule has 0 aliphatic carbocycles. The van der Waals surface area contributed by atoms with Crippen LogP contribution in [0.1, 0.15) is 5.69 Å². The molecule has 0 saturated carbocycles. The SMILES string of the molecule is CS(=O)(=O)c1ccc(NCc2ccn[nH]2)cc1. The van der Waals surface area contributed by atoms with Crippen LogP contribution in [-0.4, -0.2) is 24.9 Å². The largest absolute Gasteiger partial charge is 0.379 e. The molecule has 2 aromatic rings. The van der Waals surface area contributed by atoms with Crippen molar-refractivity contribution in [3.63, 3.8) is 0 Å². The van der Waals surface area contributed by atoms with Gasteiger partial charge in [-0.05, 0) is 30.3 Å². The van der Waals surface area contributed by atoms with Crippen molar-refractivity contribution in [2.45, 2.75) is 11.4 Å². The summed E-state index contributed by atoms with van der Waals surface area (Å²) in [5.74, 6) is 0. The number of H-pyrrole nitrogens is 1. The molecule has 0 aliphatic rings. The second kappa shape index (κ2) is 4.58. The Morgan fingerprint density at radius 2 is 1.94 bits per heavy atom. The van der Waals surface area contributed by atoms with Gasteiger partial charge >= 0.3 is 0 Å². The lowest BCUT2D eigenvalue weighted by molar-refractivity contribution is 0.602. The van der Waals surface area contributed by atoms with Crippen LogP contribution in [0.2, 0.25) is 0 Å². The highest BCUT2D eigenvalue weighted by atomic mass is 32.2. The van der Waals surface area contributed by atoms with Crippen molar-refractivity contribution >= 4 is 15.5 Å². The molecule has 0 bridgehead atoms. The van der Waals surface area contributed by atoms with Gasteiger partial charge in [-0.3, -0.25) is 5.10 Å². The standard InChI is InChI=1S/C11H13N3O2S/c1-17(15,16)11-4-2-9(3-5-11)12-8-10-6-7-13-14-10/h2-7,12H,8H2,1H3,(H,13,14). The minimum Gasteiger partial charge on any atom is -0.379 e. The lowest BCUT2D eigenvalue weighted by atomic mass is 10.3. The molecule has 0 spiro atoms. The van der Waals surface area contributed by atoms with E-state index in [0.29, 0.717) is 11.4 Å². The van der Waals surface area contributed by atoms with Crippen molar-refractivity contribution in [1.29, 1.82) is 0 Å². The molecule has 1 aromatic carbocycles. The van der Waals surface area contributed by atoms with E-state index in [2.05, 4.69) is 15.5 Å². The number of aromatic amines is 1. The summed E-state index contributed by atoms with van der Waals surface area (Å²) in [5, 5.41) is 9.83. The second-order valence-electron chi connectivity index (χ2n) is 3.73. The van der Waals surface area contributed by atoms with Gasteiger partial charge in [-0.25, -0.2) is 8.42 Å². The van der Waals surface area contributed by atoms with E-state index >= 15 is 0 Å². The summed E-state index contributed by atoms with van der Waals surface area (Å²) in [7, 11) is -3.12. The monoisotopic (exact) mass is 251 g/mol. The zero-order chi connectivity index (χ0) is 12.3. The summed E-state index contributed by atoms with van der Waals surface area (Å²) in [6, 6.07) is 8.53. The highest BCUT2D eigenvalue weighted by Gasteiger charge is 2.05. The highest BCUT2D eigenvalue weighted by Crippen LogP contribution is 2.14. The fourth-order valence-electron chi connectivity index (χ4n) is 1.40. The predicted molar refractivity (Wildman–Crippen MR) is 65.5 cm³/mol. The number of aromatic nitrogens is 2. The Kier molecular flexibility index (Phi) is 3.14. The number of rotatable bonds is 4. The van der Waals surface area contributed by atoms with Crippen LogP contribution in [0.4, 0.5) is 5.69 Å². The minimum absolute atomic E-state index is 0.324. The Hall–Kier alpha value is -1.82. The summed E-state index contributed by atoms with van der Waals surface area (Å²) < 4.78 is 22.5. The topological polar surface area (TPSA) is 74.8 Å². The zero-order valence-electron chi connectivity index (χ0n) is 9.34. The van der Waals surface area contributed by atoms with Crippen LogP contribution in [0, 0.1) is 0 Å². The van der Waals surface area contributed by atoms with Crippen LogP contribution in [0.15, 0.2) is 41.4 Å². The molecule has 0 radical (unpaired) electrons. The van der Waals surface area contributed by atoms with Gasteiger partial charge in [0.05, 0.1) is 17.1 Å². The van der Waals surface area contributed by atoms with Gasteiger partial charge in [0.25, 0.3) is 0 Å². The first kappa shape index (κ1) is 11.7. The van der Waals surface area contributed by atoms with Crippen molar-refractivity contribution < 1.29 is 8.42 Å². The first-order chi connectivity index (χ1) is 8.05. The van der Waals surface area contributed by atoms with Gasteiger partial charge in [0, 0.05) is 18.1 Å². The molecule has 2 rings (SSSR count). The molecular formula is C11H13N3O2S. The Balaban J connectivity index is 2.04. The minimum atomic E-state index is -3.12. The van der Waals surface area contributed by atoms with Crippen LogP contribution in [-0.2, 0) is 16.4 Å². The summed E-state index contributed by atoms with van der Waals surface area (Å²) in [5.41, 5.74) is 1.84. The molecule has 2 N–H and O–H groups in total. The fraction of sp³-hybridized carbons (Fsp3) is 0.182. The van der Waals surface area contributed by atoms with E-state index in [-0.39, 0.29) is 0 Å². The van der Waals surface area contributed by atoms with E-state index in [1.165, 1.54) is 6.26 Å². The van der Waals surface area contributed by atoms with Crippen LogP contribution in [0.3, 0.4) is 0 Å². The van der Waals surface area contributed by atoms with Crippen LogP contribution >= 0.6 is 0 Å². The number of sulfone groups is 1. The van der Waals surface area contributed by atoms with Gasteiger partial charge in [0.2, 0.25) is 0 Å². The Morgan fingerprint density at radius 1 is 1.24 bits per heavy atom. The van der Waals surface area contributed by atoms with Gasteiger partial charge in [0.1, 0.15) is 0 Å². The lowest BCUT2D eigenvalue weighted by Crippen LogP contribution is -2.01. The van der Waals surface area contributed by atoms with Crippen molar-refractivity contribution in [3.8, 4) is 0 Å². The van der Waals surface area contributed by atoms with E-state index in [1.54, 1.807) is 30.5 Å². The van der Waals surface area contributed by atoms with Crippen LogP contribution in [0.5, 0.6) is 0 Å². The molecule has 6 heteroatoms. The number of benzene rings is 1. The summed E-state index contributed by atoms with van der Waals surface area (Å²) in [6.45, 7) is 0.623. The summed E-state index contributed by atoms with van der Waals surface area (Å²) in [4.78, 5) is 0.324. The number of nitrogens with zero attached hydrogens (tertiary/aromatic N) is 1. The molecule has 1 heterocycles. The summed E-state index contributed by atoms with van der Waals surface area (Å²) >= 11 is 0. The van der Waals surface area contributed by atoms with Gasteiger partial charge in [0.15, 0.2) is 9.84 Å². The molecule has 90 valence electrons. The smallest absolute Gasteiger partial charge is 0.175 e. The molecule has 5 nitrogen and oxygen atoms in total. The van der Waals surface area contributed by atoms with E-state index in [9.17, 15) is 8.42 Å². The normalized spacial score (nSPS) is 11.4. The quantitative estimate of drug-likeness (QED) is 0.862. The predicted octanol–water partition coefficient (Wildman–Crippen LogP) is 1.43. The first-order valence-electron chi connectivity index (χ1n) is 5.08. The van der Waals surface area contributed by atoms with E-state index in [0.717, 1.165) is 11.4 Å². The van der Waals surface area contributed by atoms with E-state index in [4.69, 9.17) is 0 Å². The molecule has 0 aliphatic heterocycles. The average Bonchev–Trinajstić information content (AvgIpc) is 2.78. The molecule has 0 fully saturated rings. The van der Waals surface area contributed by atoms with Crippen molar-refractivity contribution in [1.82, 2.24) is 10.2 Å². The van der Waals surface area contributed by atoms with Gasteiger partial charge in [-0.15, -0.1) is 0 Å². The van der Waals surface area contributed by atoms with Gasteiger partial charge in [-0.2, -0.15) is 5.10 Å². The number of hydrogen-bond donors (Lipinski definition) is 2. The molecule has 1 aromatic heterocycles. The van der Waals surface area contributed by atoms with Gasteiger partial charge in [-0.1, -0.05) is 0 Å². The fourth-order valence-corrected chi connectivity index (χ4v) is 2.03. The highest BCUT2D eigenvalue weighted by molar-refractivity contribution is 7.90. The Bertz CT molecular complexity index is 574. The maximum atomic E-state index is 11.3. The van der Waals surface area contributed by atoms with E-state index in [1.807, 2.05) is 6.07 Å². The Labute approximate surface area is 99.8 Å². The van der Waals surface area contributed by atoms with Crippen LogP contribution in [0.25, 0.3) is 0 Å². The summed E-state index contributed by atoms with van der Waals surface area (Å²) in [6.07, 6.45) is 2.88. The second-order valence-corrected chi connectivity index (χ2v) is 5.75. The molecule has 17 heavy (non-hydrogen) atoms. The molecule has 0 amide bonds. The van der Waals surface area contributed by atoms with Crippen LogP contribution < -0.4 is 5.32 Å². The van der Waals surface area contributed by atoms with Crippen molar-refractivity contribution in [2.75, 3.05) is 11.6 Å². The van der Waals surface area contributed by atoms with Crippen molar-refractivity contribution in [2.24, 2.45) is 0 Å². The van der Waals surface area contributed by atoms with Crippen molar-refractivity contribution in [3.05, 3.63) is 42.2 Å². The lowest BCUT2D eigenvalue weighted by Gasteiger charge is -2.05. The third kappa shape index (κ3) is 3.07. The molecular weight excluding hydrogens is 238 g/mol. The molecule has 0 saturated heterocycles. The molecule has 0 unspecified atom stereocenters. The third-order valence-corrected chi connectivity index (χ3v) is 3.45. The first-order valence-corrected chi connectivity index (χ1v) is 6.97. The zero-order valence-corrected chi connectivity index (χ0v) is 10.2.